The predicted octanol–water partition coefficient (Wildman–Crippen LogP) is 5.71. The highest BCUT2D eigenvalue weighted by molar-refractivity contribution is 7.85. The molecule has 0 aromatic heterocycles. The van der Waals surface area contributed by atoms with Crippen LogP contribution in [0.15, 0.2) is 36.5 Å². The molecule has 154 valence electrons. The average molecular weight is 389 g/mol. The summed E-state index contributed by atoms with van der Waals surface area (Å²) in [5.41, 5.74) is 0. The molecular formula is C21H40O4S. The molecule has 5 heteroatoms. The van der Waals surface area contributed by atoms with E-state index in [1.54, 1.807) is 0 Å². The van der Waals surface area contributed by atoms with E-state index in [0.717, 1.165) is 38.0 Å². The van der Waals surface area contributed by atoms with E-state index in [0.29, 0.717) is 12.9 Å². The van der Waals surface area contributed by atoms with E-state index in [-0.39, 0.29) is 0 Å². The zero-order chi connectivity index (χ0) is 20.1. The van der Waals surface area contributed by atoms with E-state index >= 15 is 0 Å². The number of allylic oxidation sites excluding steroid dienone is 6. The minimum Gasteiger partial charge on any atom is -0.396 e. The molecule has 0 aromatic carbocycles. The highest BCUT2D eigenvalue weighted by Gasteiger charge is 1.99. The van der Waals surface area contributed by atoms with Crippen molar-refractivity contribution in [1.29, 1.82) is 0 Å². The van der Waals surface area contributed by atoms with Gasteiger partial charge in [-0.25, -0.2) is 0 Å². The molecule has 0 fully saturated rings. The van der Waals surface area contributed by atoms with E-state index in [9.17, 15) is 8.42 Å². The van der Waals surface area contributed by atoms with Crippen molar-refractivity contribution in [2.45, 2.75) is 78.1 Å². The third-order valence-corrected chi connectivity index (χ3v) is 3.70. The summed E-state index contributed by atoms with van der Waals surface area (Å²) < 4.78 is 25.9. The summed E-state index contributed by atoms with van der Waals surface area (Å²) in [4.78, 5) is 0. The minimum atomic E-state index is -3.67. The third-order valence-electron chi connectivity index (χ3n) is 3.70. The standard InChI is InChI=1S/C20H36O.CH4O3S/c1-3-4-5-6-7-8-9-10-11-12-13-14-15-17-20(2)18-16-19-21;1-5(2,3)4/h7-8,10-11,13-14,20-21H,3-6,9,12,15-19H2,1-2H3;1H3,(H,2,3,4). The highest BCUT2D eigenvalue weighted by Crippen LogP contribution is 2.12. The van der Waals surface area contributed by atoms with Gasteiger partial charge in [-0.2, -0.15) is 8.42 Å². The van der Waals surface area contributed by atoms with Crippen LogP contribution in [0.25, 0.3) is 0 Å². The molecule has 2 N–H and O–H groups in total. The lowest BCUT2D eigenvalue weighted by molar-refractivity contribution is 0.272. The predicted molar refractivity (Wildman–Crippen MR) is 113 cm³/mol. The third kappa shape index (κ3) is 34.4. The van der Waals surface area contributed by atoms with Crippen LogP contribution in [0.3, 0.4) is 0 Å². The van der Waals surface area contributed by atoms with Crippen molar-refractivity contribution in [3.05, 3.63) is 36.5 Å². The van der Waals surface area contributed by atoms with Gasteiger partial charge in [-0.15, -0.1) is 0 Å². The van der Waals surface area contributed by atoms with Crippen molar-refractivity contribution in [3.8, 4) is 0 Å². The first-order valence-electron chi connectivity index (χ1n) is 9.79. The smallest absolute Gasteiger partial charge is 0.261 e. The molecule has 0 saturated heterocycles. The molecule has 0 rings (SSSR count). The second-order valence-electron chi connectivity index (χ2n) is 6.66. The van der Waals surface area contributed by atoms with Gasteiger partial charge in [0.2, 0.25) is 0 Å². The van der Waals surface area contributed by atoms with Gasteiger partial charge >= 0.3 is 0 Å². The maximum absolute atomic E-state index is 9.19. The average Bonchev–Trinajstić information content (AvgIpc) is 2.55. The molecule has 0 bridgehead atoms. The number of hydrogen-bond donors (Lipinski definition) is 2. The molecule has 0 aliphatic heterocycles. The molecule has 4 nitrogen and oxygen atoms in total. The van der Waals surface area contributed by atoms with E-state index in [1.807, 2.05) is 0 Å². The quantitative estimate of drug-likeness (QED) is 0.227. The number of rotatable bonds is 14. The van der Waals surface area contributed by atoms with Crippen molar-refractivity contribution in [2.24, 2.45) is 5.92 Å². The molecule has 0 radical (unpaired) electrons. The van der Waals surface area contributed by atoms with Gasteiger partial charge in [0, 0.05) is 6.61 Å². The Morgan fingerprint density at radius 1 is 0.846 bits per heavy atom. The van der Waals surface area contributed by atoms with Crippen LogP contribution in [0.1, 0.15) is 78.1 Å². The summed E-state index contributed by atoms with van der Waals surface area (Å²) in [6, 6.07) is 0. The van der Waals surface area contributed by atoms with E-state index < -0.39 is 10.1 Å². The molecule has 0 aromatic rings. The van der Waals surface area contributed by atoms with Gasteiger partial charge in [0.25, 0.3) is 10.1 Å². The molecule has 0 amide bonds. The topological polar surface area (TPSA) is 74.6 Å². The first-order valence-corrected chi connectivity index (χ1v) is 11.6. The van der Waals surface area contributed by atoms with Gasteiger partial charge in [0.1, 0.15) is 0 Å². The minimum absolute atomic E-state index is 0.331. The Kier molecular flexibility index (Phi) is 21.4. The second-order valence-corrected chi connectivity index (χ2v) is 8.13. The van der Waals surface area contributed by atoms with Crippen molar-refractivity contribution in [1.82, 2.24) is 0 Å². The van der Waals surface area contributed by atoms with Crippen LogP contribution in [0.2, 0.25) is 0 Å². The van der Waals surface area contributed by atoms with Crippen LogP contribution in [0, 0.1) is 5.92 Å². The molecule has 0 aliphatic rings. The highest BCUT2D eigenvalue weighted by atomic mass is 32.2. The van der Waals surface area contributed by atoms with Crippen molar-refractivity contribution in [3.63, 3.8) is 0 Å². The van der Waals surface area contributed by atoms with Crippen LogP contribution < -0.4 is 0 Å². The summed E-state index contributed by atoms with van der Waals surface area (Å²) in [5.74, 6) is 0.732. The summed E-state index contributed by atoms with van der Waals surface area (Å²) in [5, 5.41) is 8.77. The Morgan fingerprint density at radius 3 is 1.85 bits per heavy atom. The van der Waals surface area contributed by atoms with Crippen LogP contribution in [0.4, 0.5) is 0 Å². The van der Waals surface area contributed by atoms with Gasteiger partial charge in [-0.1, -0.05) is 63.1 Å². The van der Waals surface area contributed by atoms with E-state index in [1.165, 1.54) is 32.1 Å². The molecular weight excluding hydrogens is 348 g/mol. The lowest BCUT2D eigenvalue weighted by Crippen LogP contribution is -1.95. The fourth-order valence-corrected chi connectivity index (χ4v) is 2.25. The Bertz CT molecular complexity index is 456. The van der Waals surface area contributed by atoms with Crippen molar-refractivity contribution in [2.75, 3.05) is 12.9 Å². The summed E-state index contributed by atoms with van der Waals surface area (Å²) in [6.45, 7) is 4.85. The van der Waals surface area contributed by atoms with E-state index in [4.69, 9.17) is 9.66 Å². The summed E-state index contributed by atoms with van der Waals surface area (Å²) >= 11 is 0. The Morgan fingerprint density at radius 2 is 1.35 bits per heavy atom. The molecule has 0 spiro atoms. The zero-order valence-electron chi connectivity index (χ0n) is 16.9. The largest absolute Gasteiger partial charge is 0.396 e. The fraction of sp³-hybridized carbons (Fsp3) is 0.714. The van der Waals surface area contributed by atoms with Gasteiger partial charge in [0.05, 0.1) is 6.26 Å². The van der Waals surface area contributed by atoms with Crippen LogP contribution >= 0.6 is 0 Å². The zero-order valence-corrected chi connectivity index (χ0v) is 17.8. The molecule has 0 heterocycles. The Labute approximate surface area is 161 Å². The number of unbranched alkanes of at least 4 members (excludes halogenated alkanes) is 3. The van der Waals surface area contributed by atoms with Crippen LogP contribution in [-0.4, -0.2) is 30.9 Å². The van der Waals surface area contributed by atoms with Gasteiger partial charge < -0.3 is 5.11 Å². The number of aliphatic hydroxyl groups is 1. The van der Waals surface area contributed by atoms with Crippen molar-refractivity contribution >= 4 is 10.1 Å². The number of hydrogen-bond acceptors (Lipinski definition) is 3. The first kappa shape index (κ1) is 27.3. The first-order chi connectivity index (χ1) is 12.3. The van der Waals surface area contributed by atoms with Crippen molar-refractivity contribution < 1.29 is 18.1 Å². The maximum Gasteiger partial charge on any atom is 0.261 e. The van der Waals surface area contributed by atoms with E-state index in [2.05, 4.69) is 50.3 Å². The normalized spacial score (nSPS) is 13.4. The maximum atomic E-state index is 9.19. The Balaban J connectivity index is 0. The molecule has 0 saturated carbocycles. The SMILES string of the molecule is CCCCCC=CCC=CCC=CCCC(C)CCCO.CS(=O)(=O)O. The van der Waals surface area contributed by atoms with Gasteiger partial charge in [0.15, 0.2) is 0 Å². The monoisotopic (exact) mass is 388 g/mol. The lowest BCUT2D eigenvalue weighted by atomic mass is 10.00. The lowest BCUT2D eigenvalue weighted by Gasteiger charge is -2.07. The van der Waals surface area contributed by atoms with Gasteiger partial charge in [-0.05, 0) is 57.3 Å². The fourth-order valence-electron chi connectivity index (χ4n) is 2.25. The molecule has 1 unspecified atom stereocenters. The summed E-state index contributed by atoms with van der Waals surface area (Å²) in [6.07, 6.45) is 26.2. The Hall–Kier alpha value is -0.910. The van der Waals surface area contributed by atoms with Gasteiger partial charge in [-0.3, -0.25) is 4.55 Å². The molecule has 0 aliphatic carbocycles. The van der Waals surface area contributed by atoms with Crippen LogP contribution in [-0.2, 0) is 10.1 Å². The second kappa shape index (κ2) is 20.4. The number of aliphatic hydroxyl groups excluding tert-OH is 1. The van der Waals surface area contributed by atoms with Crippen LogP contribution in [0.5, 0.6) is 0 Å². The molecule has 26 heavy (non-hydrogen) atoms. The molecule has 1 atom stereocenters. The summed E-state index contributed by atoms with van der Waals surface area (Å²) in [7, 11) is -3.67.